The number of para-hydroxylation sites is 1. The van der Waals surface area contributed by atoms with Crippen LogP contribution in [-0.2, 0) is 6.61 Å². The molecule has 130 valence electrons. The van der Waals surface area contributed by atoms with Crippen molar-refractivity contribution in [2.24, 2.45) is 0 Å². The molecule has 0 bridgehead atoms. The molecule has 0 fully saturated rings. The monoisotopic (exact) mass is 369 g/mol. The number of halogens is 1. The van der Waals surface area contributed by atoms with Crippen molar-refractivity contribution >= 4 is 34.2 Å². The molecule has 7 nitrogen and oxygen atoms in total. The summed E-state index contributed by atoms with van der Waals surface area (Å²) in [6.45, 7) is 0.153. The first-order chi connectivity index (χ1) is 12.7. The van der Waals surface area contributed by atoms with Gasteiger partial charge in [0.2, 0.25) is 0 Å². The minimum absolute atomic E-state index is 0.149. The Morgan fingerprint density at radius 1 is 1.08 bits per heavy atom. The molecule has 0 saturated carbocycles. The number of fused-ring (bicyclic) bond motifs is 1. The molecule has 1 N–H and O–H groups in total. The van der Waals surface area contributed by atoms with Gasteiger partial charge in [0, 0.05) is 0 Å². The summed E-state index contributed by atoms with van der Waals surface area (Å²) in [5.74, 6) is 0.777. The van der Waals surface area contributed by atoms with Gasteiger partial charge in [0.25, 0.3) is 5.91 Å². The number of amides is 1. The van der Waals surface area contributed by atoms with Gasteiger partial charge in [-0.25, -0.2) is 4.63 Å². The summed E-state index contributed by atoms with van der Waals surface area (Å²) < 4.78 is 15.8. The maximum absolute atomic E-state index is 12.4. The first-order valence-corrected chi connectivity index (χ1v) is 8.07. The van der Waals surface area contributed by atoms with Gasteiger partial charge in [0.05, 0.1) is 10.7 Å². The highest BCUT2D eigenvalue weighted by Gasteiger charge is 2.15. The van der Waals surface area contributed by atoms with Crippen molar-refractivity contribution in [3.63, 3.8) is 0 Å². The average molecular weight is 370 g/mol. The zero-order chi connectivity index (χ0) is 17.9. The van der Waals surface area contributed by atoms with E-state index in [1.54, 1.807) is 42.5 Å². The lowest BCUT2D eigenvalue weighted by atomic mass is 10.2. The average Bonchev–Trinajstić information content (AvgIpc) is 3.31. The van der Waals surface area contributed by atoms with Gasteiger partial charge in [-0.05, 0) is 46.7 Å². The smallest absolute Gasteiger partial charge is 0.291 e. The standard InChI is InChI=1S/C18H12ClN3O4/c19-12-4-1-2-7-15(12)24-10-11-8-9-16(25-11)18(23)20-13-5-3-6-14-17(13)22-26-21-14/h1-9H,10H2,(H,20,23). The van der Waals surface area contributed by atoms with Gasteiger partial charge < -0.3 is 14.5 Å². The number of ether oxygens (including phenoxy) is 1. The Balaban J connectivity index is 1.45. The number of hydrogen-bond donors (Lipinski definition) is 1. The Labute approximate surface area is 152 Å². The van der Waals surface area contributed by atoms with Crippen LogP contribution in [0.2, 0.25) is 5.02 Å². The number of hydrogen-bond acceptors (Lipinski definition) is 6. The van der Waals surface area contributed by atoms with E-state index >= 15 is 0 Å². The fraction of sp³-hybridized carbons (Fsp3) is 0.0556. The van der Waals surface area contributed by atoms with E-state index in [4.69, 9.17) is 20.8 Å². The van der Waals surface area contributed by atoms with Gasteiger partial charge in [-0.3, -0.25) is 4.79 Å². The Bertz CT molecular complexity index is 1070. The van der Waals surface area contributed by atoms with Crippen LogP contribution in [0.15, 0.2) is 63.6 Å². The van der Waals surface area contributed by atoms with E-state index < -0.39 is 5.91 Å². The Morgan fingerprint density at radius 2 is 1.96 bits per heavy atom. The molecule has 2 aromatic carbocycles. The summed E-state index contributed by atoms with van der Waals surface area (Å²) in [6, 6.07) is 15.5. The Hall–Kier alpha value is -3.32. The van der Waals surface area contributed by atoms with Gasteiger partial charge >= 0.3 is 0 Å². The first-order valence-electron chi connectivity index (χ1n) is 7.69. The number of aromatic nitrogens is 2. The molecular formula is C18H12ClN3O4. The van der Waals surface area contributed by atoms with Gasteiger partial charge in [-0.1, -0.05) is 29.8 Å². The van der Waals surface area contributed by atoms with Gasteiger partial charge in [0.15, 0.2) is 11.3 Å². The summed E-state index contributed by atoms with van der Waals surface area (Å²) in [7, 11) is 0. The van der Waals surface area contributed by atoms with Crippen molar-refractivity contribution in [2.75, 3.05) is 5.32 Å². The van der Waals surface area contributed by atoms with Gasteiger partial charge in [-0.15, -0.1) is 0 Å². The largest absolute Gasteiger partial charge is 0.484 e. The van der Waals surface area contributed by atoms with E-state index in [1.807, 2.05) is 12.1 Å². The molecule has 8 heteroatoms. The second kappa shape index (κ2) is 6.89. The molecule has 2 heterocycles. The number of rotatable bonds is 5. The quantitative estimate of drug-likeness (QED) is 0.564. The summed E-state index contributed by atoms with van der Waals surface area (Å²) in [5.41, 5.74) is 1.50. The highest BCUT2D eigenvalue weighted by Crippen LogP contribution is 2.25. The minimum atomic E-state index is -0.413. The van der Waals surface area contributed by atoms with E-state index in [1.165, 1.54) is 0 Å². The Morgan fingerprint density at radius 3 is 2.85 bits per heavy atom. The van der Waals surface area contributed by atoms with Crippen molar-refractivity contribution in [3.05, 3.63) is 71.1 Å². The topological polar surface area (TPSA) is 90.4 Å². The zero-order valence-corrected chi connectivity index (χ0v) is 14.1. The van der Waals surface area contributed by atoms with Crippen LogP contribution in [0.1, 0.15) is 16.3 Å². The number of anilines is 1. The lowest BCUT2D eigenvalue weighted by molar-refractivity contribution is 0.0992. The molecule has 0 aliphatic carbocycles. The van der Waals surface area contributed by atoms with Crippen LogP contribution in [0, 0.1) is 0 Å². The first kappa shape index (κ1) is 16.2. The highest BCUT2D eigenvalue weighted by atomic mass is 35.5. The van der Waals surface area contributed by atoms with E-state index in [2.05, 4.69) is 20.3 Å². The van der Waals surface area contributed by atoms with Crippen LogP contribution >= 0.6 is 11.6 Å². The van der Waals surface area contributed by atoms with Crippen molar-refractivity contribution < 1.29 is 18.6 Å². The molecule has 0 saturated heterocycles. The summed E-state index contributed by atoms with van der Waals surface area (Å²) >= 11 is 6.04. The van der Waals surface area contributed by atoms with Crippen molar-refractivity contribution in [1.29, 1.82) is 0 Å². The minimum Gasteiger partial charge on any atom is -0.484 e. The SMILES string of the molecule is O=C(Nc1cccc2nonc12)c1ccc(COc2ccccc2Cl)o1. The fourth-order valence-electron chi connectivity index (χ4n) is 2.38. The van der Waals surface area contributed by atoms with Gasteiger partial charge in [-0.2, -0.15) is 0 Å². The van der Waals surface area contributed by atoms with Crippen molar-refractivity contribution in [3.8, 4) is 5.75 Å². The van der Waals surface area contributed by atoms with Crippen molar-refractivity contribution in [1.82, 2.24) is 10.3 Å². The van der Waals surface area contributed by atoms with Crippen LogP contribution in [0.5, 0.6) is 5.75 Å². The molecule has 4 aromatic rings. The summed E-state index contributed by atoms with van der Waals surface area (Å²) in [6.07, 6.45) is 0. The number of carbonyl (C=O) groups excluding carboxylic acids is 1. The molecule has 1 amide bonds. The number of nitrogens with one attached hydrogen (secondary N) is 1. The lowest BCUT2D eigenvalue weighted by Crippen LogP contribution is -2.11. The molecule has 0 aliphatic heterocycles. The van der Waals surface area contributed by atoms with Crippen LogP contribution in [-0.4, -0.2) is 16.2 Å². The van der Waals surface area contributed by atoms with E-state index in [0.717, 1.165) is 0 Å². The molecular weight excluding hydrogens is 358 g/mol. The molecule has 0 atom stereocenters. The normalized spacial score (nSPS) is 10.8. The highest BCUT2D eigenvalue weighted by molar-refractivity contribution is 6.32. The zero-order valence-electron chi connectivity index (χ0n) is 13.3. The summed E-state index contributed by atoms with van der Waals surface area (Å²) in [5, 5.41) is 10.7. The third kappa shape index (κ3) is 3.25. The Kier molecular flexibility index (Phi) is 4.28. The second-order valence-electron chi connectivity index (χ2n) is 5.38. The molecule has 26 heavy (non-hydrogen) atoms. The predicted molar refractivity (Wildman–Crippen MR) is 94.2 cm³/mol. The molecule has 0 aliphatic rings. The maximum atomic E-state index is 12.4. The fourth-order valence-corrected chi connectivity index (χ4v) is 2.57. The second-order valence-corrected chi connectivity index (χ2v) is 5.78. The van der Waals surface area contributed by atoms with Crippen LogP contribution in [0.25, 0.3) is 11.0 Å². The molecule has 2 aromatic heterocycles. The molecule has 0 spiro atoms. The summed E-state index contributed by atoms with van der Waals surface area (Å²) in [4.78, 5) is 12.4. The van der Waals surface area contributed by atoms with E-state index in [-0.39, 0.29) is 12.4 Å². The maximum Gasteiger partial charge on any atom is 0.291 e. The van der Waals surface area contributed by atoms with Crippen LogP contribution in [0.4, 0.5) is 5.69 Å². The molecule has 4 rings (SSSR count). The number of furan rings is 1. The number of carbonyl (C=O) groups is 1. The third-order valence-corrected chi connectivity index (χ3v) is 3.94. The van der Waals surface area contributed by atoms with Crippen molar-refractivity contribution in [2.45, 2.75) is 6.61 Å². The van der Waals surface area contributed by atoms with Crippen LogP contribution in [0.3, 0.4) is 0 Å². The van der Waals surface area contributed by atoms with Gasteiger partial charge in [0.1, 0.15) is 23.6 Å². The number of benzene rings is 2. The number of nitrogens with zero attached hydrogens (tertiary/aromatic N) is 2. The van der Waals surface area contributed by atoms with Crippen LogP contribution < -0.4 is 10.1 Å². The predicted octanol–water partition coefficient (Wildman–Crippen LogP) is 4.30. The lowest BCUT2D eigenvalue weighted by Gasteiger charge is -2.06. The third-order valence-electron chi connectivity index (χ3n) is 3.63. The van der Waals surface area contributed by atoms with E-state index in [9.17, 15) is 4.79 Å². The van der Waals surface area contributed by atoms with E-state index in [0.29, 0.717) is 33.3 Å². The molecule has 0 radical (unpaired) electrons. The molecule has 0 unspecified atom stereocenters.